The van der Waals surface area contributed by atoms with E-state index >= 15 is 0 Å². The van der Waals surface area contributed by atoms with Crippen LogP contribution in [0, 0.1) is 0 Å². The Bertz CT molecular complexity index is 958. The van der Waals surface area contributed by atoms with Gasteiger partial charge in [-0.05, 0) is 29.6 Å². The van der Waals surface area contributed by atoms with Gasteiger partial charge in [0.25, 0.3) is 5.91 Å². The molecule has 25 heavy (non-hydrogen) atoms. The number of nitrogens with one attached hydrogen (secondary N) is 1. The molecule has 0 aliphatic rings. The summed E-state index contributed by atoms with van der Waals surface area (Å²) in [5, 5.41) is 9.53. The summed E-state index contributed by atoms with van der Waals surface area (Å²) in [6, 6.07) is 15.5. The van der Waals surface area contributed by atoms with Gasteiger partial charge >= 0.3 is 0 Å². The van der Waals surface area contributed by atoms with Crippen LogP contribution in [0.15, 0.2) is 77.1 Å². The predicted molar refractivity (Wildman–Crippen MR) is 96.8 cm³/mol. The quantitative estimate of drug-likeness (QED) is 0.589. The summed E-state index contributed by atoms with van der Waals surface area (Å²) < 4.78 is 6.77. The number of nitrogens with zero attached hydrogens (tertiary/aromatic N) is 2. The van der Waals surface area contributed by atoms with Gasteiger partial charge in [0.2, 0.25) is 0 Å². The van der Waals surface area contributed by atoms with Crippen molar-refractivity contribution in [2.75, 3.05) is 0 Å². The third-order valence-electron chi connectivity index (χ3n) is 3.77. The summed E-state index contributed by atoms with van der Waals surface area (Å²) in [6.07, 6.45) is 4.98. The van der Waals surface area contributed by atoms with Crippen molar-refractivity contribution < 1.29 is 9.21 Å². The van der Waals surface area contributed by atoms with Gasteiger partial charge in [-0.25, -0.2) is 4.68 Å². The highest BCUT2D eigenvalue weighted by Crippen LogP contribution is 2.27. The van der Waals surface area contributed by atoms with E-state index in [2.05, 4.69) is 10.4 Å². The molecule has 0 unspecified atom stereocenters. The molecule has 124 valence electrons. The van der Waals surface area contributed by atoms with Crippen LogP contribution in [-0.4, -0.2) is 15.7 Å². The van der Waals surface area contributed by atoms with E-state index in [9.17, 15) is 4.79 Å². The first-order valence-corrected chi connectivity index (χ1v) is 8.67. The molecule has 3 aromatic heterocycles. The summed E-state index contributed by atoms with van der Waals surface area (Å²) >= 11 is 1.56. The third kappa shape index (κ3) is 3.25. The lowest BCUT2D eigenvalue weighted by molar-refractivity contribution is 0.0951. The number of carbonyl (C=O) groups excluding carboxylic acids is 1. The highest BCUT2D eigenvalue weighted by Gasteiger charge is 2.19. The fourth-order valence-corrected chi connectivity index (χ4v) is 3.24. The Morgan fingerprint density at radius 1 is 1.16 bits per heavy atom. The highest BCUT2D eigenvalue weighted by atomic mass is 32.1. The Hall–Kier alpha value is -3.12. The second-order valence-electron chi connectivity index (χ2n) is 5.46. The molecule has 5 nitrogen and oxygen atoms in total. The summed E-state index contributed by atoms with van der Waals surface area (Å²) in [5.41, 5.74) is 3.06. The van der Waals surface area contributed by atoms with Crippen LogP contribution in [0.25, 0.3) is 16.3 Å². The van der Waals surface area contributed by atoms with Crippen molar-refractivity contribution in [1.29, 1.82) is 0 Å². The van der Waals surface area contributed by atoms with Crippen molar-refractivity contribution in [3.63, 3.8) is 0 Å². The molecule has 0 fully saturated rings. The van der Waals surface area contributed by atoms with Gasteiger partial charge in [-0.15, -0.1) is 11.3 Å². The minimum Gasteiger partial charge on any atom is -0.472 e. The fraction of sp³-hybridized carbons (Fsp3) is 0.0526. The minimum absolute atomic E-state index is 0.160. The topological polar surface area (TPSA) is 60.1 Å². The Labute approximate surface area is 148 Å². The molecule has 3 heterocycles. The molecule has 1 amide bonds. The summed E-state index contributed by atoms with van der Waals surface area (Å²) in [5.74, 6) is -0.160. The van der Waals surface area contributed by atoms with Crippen LogP contribution in [0.2, 0.25) is 0 Å². The Balaban J connectivity index is 1.67. The normalized spacial score (nSPS) is 10.7. The molecule has 1 N–H and O–H groups in total. The molecular weight excluding hydrogens is 334 g/mol. The summed E-state index contributed by atoms with van der Waals surface area (Å²) in [4.78, 5) is 13.7. The van der Waals surface area contributed by atoms with Crippen LogP contribution in [0.3, 0.4) is 0 Å². The molecule has 0 atom stereocenters. The number of amides is 1. The zero-order valence-electron chi connectivity index (χ0n) is 13.3. The number of furan rings is 1. The molecule has 0 saturated carbocycles. The maximum atomic E-state index is 12.7. The van der Waals surface area contributed by atoms with Crippen molar-refractivity contribution in [2.24, 2.45) is 0 Å². The molecule has 0 aliphatic heterocycles. The number of rotatable bonds is 5. The number of hydrogen-bond donors (Lipinski definition) is 1. The lowest BCUT2D eigenvalue weighted by Gasteiger charge is -2.02. The summed E-state index contributed by atoms with van der Waals surface area (Å²) in [6.45, 7) is 0.412. The molecule has 4 aromatic rings. The maximum absolute atomic E-state index is 12.7. The maximum Gasteiger partial charge on any atom is 0.255 e. The molecule has 6 heteroatoms. The van der Waals surface area contributed by atoms with Gasteiger partial charge < -0.3 is 9.73 Å². The molecule has 0 bridgehead atoms. The second kappa shape index (κ2) is 6.78. The average Bonchev–Trinajstić information content (AvgIpc) is 3.41. The molecule has 0 saturated heterocycles. The van der Waals surface area contributed by atoms with Crippen LogP contribution in [-0.2, 0) is 6.54 Å². The van der Waals surface area contributed by atoms with Crippen molar-refractivity contribution in [3.05, 3.63) is 83.8 Å². The van der Waals surface area contributed by atoms with Crippen LogP contribution < -0.4 is 5.32 Å². The van der Waals surface area contributed by atoms with Gasteiger partial charge in [-0.1, -0.05) is 24.3 Å². The molecule has 1 aromatic carbocycles. The Morgan fingerprint density at radius 3 is 2.76 bits per heavy atom. The van der Waals surface area contributed by atoms with E-state index in [1.807, 2.05) is 53.9 Å². The third-order valence-corrected chi connectivity index (χ3v) is 4.64. The first-order valence-electron chi connectivity index (χ1n) is 7.79. The standard InChI is InChI=1S/C19H15N3O2S/c23-19(20-11-14-8-9-24-13-14)16-12-22(15-5-2-1-3-6-15)21-18(16)17-7-4-10-25-17/h1-10,12-13H,11H2,(H,20,23). The van der Waals surface area contributed by atoms with E-state index < -0.39 is 0 Å². The van der Waals surface area contributed by atoms with Crippen LogP contribution in [0.5, 0.6) is 0 Å². The SMILES string of the molecule is O=C(NCc1ccoc1)c1cn(-c2ccccc2)nc1-c1cccs1. The Morgan fingerprint density at radius 2 is 2.04 bits per heavy atom. The van der Waals surface area contributed by atoms with E-state index in [4.69, 9.17) is 4.42 Å². The van der Waals surface area contributed by atoms with Gasteiger partial charge in [-0.2, -0.15) is 5.10 Å². The zero-order valence-corrected chi connectivity index (χ0v) is 14.1. The van der Waals surface area contributed by atoms with Gasteiger partial charge in [0, 0.05) is 18.3 Å². The number of aromatic nitrogens is 2. The minimum atomic E-state index is -0.160. The summed E-state index contributed by atoms with van der Waals surface area (Å²) in [7, 11) is 0. The van der Waals surface area contributed by atoms with Gasteiger partial charge in [0.1, 0.15) is 5.69 Å². The van der Waals surface area contributed by atoms with E-state index in [1.54, 1.807) is 34.7 Å². The molecule has 0 aliphatic carbocycles. The highest BCUT2D eigenvalue weighted by molar-refractivity contribution is 7.13. The first-order chi connectivity index (χ1) is 12.3. The van der Waals surface area contributed by atoms with Gasteiger partial charge in [-0.3, -0.25) is 4.79 Å². The molecule has 0 radical (unpaired) electrons. The predicted octanol–water partition coefficient (Wildman–Crippen LogP) is 4.12. The average molecular weight is 349 g/mol. The zero-order chi connectivity index (χ0) is 17.1. The number of carbonyl (C=O) groups is 1. The number of benzene rings is 1. The Kier molecular flexibility index (Phi) is 4.18. The smallest absolute Gasteiger partial charge is 0.255 e. The lowest BCUT2D eigenvalue weighted by Crippen LogP contribution is -2.22. The van der Waals surface area contributed by atoms with Crippen molar-refractivity contribution in [2.45, 2.75) is 6.54 Å². The molecule has 0 spiro atoms. The monoisotopic (exact) mass is 349 g/mol. The number of para-hydroxylation sites is 1. The van der Waals surface area contributed by atoms with E-state index in [-0.39, 0.29) is 5.91 Å². The first kappa shape index (κ1) is 15.4. The molecule has 4 rings (SSSR count). The number of thiophene rings is 1. The second-order valence-corrected chi connectivity index (χ2v) is 6.41. The largest absolute Gasteiger partial charge is 0.472 e. The van der Waals surface area contributed by atoms with Gasteiger partial charge in [0.05, 0.1) is 28.7 Å². The van der Waals surface area contributed by atoms with Crippen molar-refractivity contribution >= 4 is 17.2 Å². The van der Waals surface area contributed by atoms with E-state index in [0.29, 0.717) is 17.8 Å². The number of hydrogen-bond acceptors (Lipinski definition) is 4. The van der Waals surface area contributed by atoms with Crippen molar-refractivity contribution in [3.8, 4) is 16.3 Å². The molecular formula is C19H15N3O2S. The van der Waals surface area contributed by atoms with E-state index in [1.165, 1.54) is 0 Å². The van der Waals surface area contributed by atoms with Gasteiger partial charge in [0.15, 0.2) is 0 Å². The van der Waals surface area contributed by atoms with Crippen molar-refractivity contribution in [1.82, 2.24) is 15.1 Å². The lowest BCUT2D eigenvalue weighted by atomic mass is 10.2. The van der Waals surface area contributed by atoms with Crippen LogP contribution in [0.1, 0.15) is 15.9 Å². The fourth-order valence-electron chi connectivity index (χ4n) is 2.52. The van der Waals surface area contributed by atoms with Crippen LogP contribution in [0.4, 0.5) is 0 Å². The van der Waals surface area contributed by atoms with E-state index in [0.717, 1.165) is 16.1 Å². The van der Waals surface area contributed by atoms with Crippen LogP contribution >= 0.6 is 11.3 Å².